The van der Waals surface area contributed by atoms with E-state index in [4.69, 9.17) is 21.1 Å². The predicted octanol–water partition coefficient (Wildman–Crippen LogP) is 4.13. The number of carbonyl (C=O) groups is 1. The molecule has 2 aromatic carbocycles. The quantitative estimate of drug-likeness (QED) is 0.896. The van der Waals surface area contributed by atoms with Crippen LogP contribution >= 0.6 is 11.6 Å². The van der Waals surface area contributed by atoms with Crippen LogP contribution in [0.5, 0.6) is 5.75 Å². The van der Waals surface area contributed by atoms with Crippen LogP contribution in [-0.4, -0.2) is 18.7 Å². The Balaban J connectivity index is 1.78. The molecule has 2 unspecified atom stereocenters. The number of halogens is 1. The Morgan fingerprint density at radius 1 is 1.22 bits per heavy atom. The van der Waals surface area contributed by atoms with Crippen LogP contribution in [0.1, 0.15) is 24.2 Å². The number of ether oxygens (including phenoxy) is 2. The number of hydrogen-bond acceptors (Lipinski definition) is 3. The van der Waals surface area contributed by atoms with Crippen molar-refractivity contribution in [1.29, 1.82) is 0 Å². The molecule has 1 heterocycles. The molecule has 0 bridgehead atoms. The Morgan fingerprint density at radius 3 is 2.74 bits per heavy atom. The summed E-state index contributed by atoms with van der Waals surface area (Å²) in [5.74, 6) is 0.832. The molecule has 23 heavy (non-hydrogen) atoms. The molecule has 0 aliphatic carbocycles. The van der Waals surface area contributed by atoms with Crippen molar-refractivity contribution < 1.29 is 14.3 Å². The molecule has 0 radical (unpaired) electrons. The fraction of sp³-hybridized carbons (Fsp3) is 0.278. The van der Waals surface area contributed by atoms with Gasteiger partial charge in [-0.2, -0.15) is 0 Å². The predicted molar refractivity (Wildman–Crippen MR) is 88.9 cm³/mol. The lowest BCUT2D eigenvalue weighted by molar-refractivity contribution is 0.132. The molecule has 1 fully saturated rings. The maximum Gasteiger partial charge on any atom is 0.408 e. The zero-order chi connectivity index (χ0) is 16.2. The van der Waals surface area contributed by atoms with Gasteiger partial charge in [-0.25, -0.2) is 4.79 Å². The van der Waals surface area contributed by atoms with E-state index in [2.05, 4.69) is 5.32 Å². The first-order valence-electron chi connectivity index (χ1n) is 7.60. The molecule has 1 amide bonds. The summed E-state index contributed by atoms with van der Waals surface area (Å²) < 4.78 is 10.9. The average molecular weight is 332 g/mol. The van der Waals surface area contributed by atoms with Crippen LogP contribution in [0.15, 0.2) is 48.5 Å². The molecule has 0 spiro atoms. The van der Waals surface area contributed by atoms with Gasteiger partial charge in [0.2, 0.25) is 0 Å². The van der Waals surface area contributed by atoms with Crippen LogP contribution < -0.4 is 10.1 Å². The zero-order valence-electron chi connectivity index (χ0n) is 12.8. The van der Waals surface area contributed by atoms with E-state index in [9.17, 15) is 4.79 Å². The third kappa shape index (κ3) is 3.77. The van der Waals surface area contributed by atoms with E-state index in [1.54, 1.807) is 12.1 Å². The summed E-state index contributed by atoms with van der Waals surface area (Å²) in [4.78, 5) is 11.7. The SMILES string of the molecule is CCOc1cccc(CC2NC(=O)OC2c2ccc(Cl)cc2)c1. The summed E-state index contributed by atoms with van der Waals surface area (Å²) in [6.07, 6.45) is -0.0497. The Morgan fingerprint density at radius 2 is 2.00 bits per heavy atom. The van der Waals surface area contributed by atoms with Crippen LogP contribution in [-0.2, 0) is 11.2 Å². The lowest BCUT2D eigenvalue weighted by Gasteiger charge is -2.18. The standard InChI is InChI=1S/C18H18ClNO3/c1-2-22-15-5-3-4-12(10-15)11-16-17(23-18(21)20-16)13-6-8-14(19)9-7-13/h3-10,16-17H,2,11H2,1H3,(H,20,21). The number of nitrogens with one attached hydrogen (secondary N) is 1. The molecule has 3 rings (SSSR count). The third-order valence-corrected chi connectivity index (χ3v) is 4.02. The second-order valence-corrected chi connectivity index (χ2v) is 5.85. The van der Waals surface area contributed by atoms with Gasteiger partial charge in [-0.15, -0.1) is 0 Å². The normalized spacial score (nSPS) is 20.0. The smallest absolute Gasteiger partial charge is 0.408 e. The molecule has 0 saturated carbocycles. The molecule has 1 aliphatic rings. The molecule has 120 valence electrons. The van der Waals surface area contributed by atoms with Gasteiger partial charge in [0.15, 0.2) is 0 Å². The minimum absolute atomic E-state index is 0.124. The highest BCUT2D eigenvalue weighted by atomic mass is 35.5. The van der Waals surface area contributed by atoms with Gasteiger partial charge in [0.25, 0.3) is 0 Å². The summed E-state index contributed by atoms with van der Waals surface area (Å²) in [5.41, 5.74) is 2.02. The van der Waals surface area contributed by atoms with E-state index in [0.717, 1.165) is 16.9 Å². The molecule has 1 N–H and O–H groups in total. The van der Waals surface area contributed by atoms with Crippen LogP contribution in [0.3, 0.4) is 0 Å². The fourth-order valence-electron chi connectivity index (χ4n) is 2.75. The van der Waals surface area contributed by atoms with E-state index in [0.29, 0.717) is 18.1 Å². The Labute approximate surface area is 140 Å². The Hall–Kier alpha value is -2.20. The van der Waals surface area contributed by atoms with Crippen molar-refractivity contribution in [3.63, 3.8) is 0 Å². The van der Waals surface area contributed by atoms with Crippen LogP contribution in [0, 0.1) is 0 Å². The van der Waals surface area contributed by atoms with Crippen LogP contribution in [0.2, 0.25) is 5.02 Å². The first kappa shape index (κ1) is 15.7. The molecule has 4 nitrogen and oxygen atoms in total. The second kappa shape index (κ2) is 6.92. The van der Waals surface area contributed by atoms with Gasteiger partial charge in [-0.05, 0) is 48.7 Å². The number of alkyl carbamates (subject to hydrolysis) is 1. The maximum atomic E-state index is 11.7. The van der Waals surface area contributed by atoms with Crippen molar-refractivity contribution in [3.05, 3.63) is 64.7 Å². The summed E-state index contributed by atoms with van der Waals surface area (Å²) in [7, 11) is 0. The third-order valence-electron chi connectivity index (χ3n) is 3.77. The molecule has 1 saturated heterocycles. The van der Waals surface area contributed by atoms with Gasteiger partial charge in [0, 0.05) is 5.02 Å². The highest BCUT2D eigenvalue weighted by molar-refractivity contribution is 6.30. The van der Waals surface area contributed by atoms with Crippen molar-refractivity contribution in [3.8, 4) is 5.75 Å². The maximum absolute atomic E-state index is 11.7. The van der Waals surface area contributed by atoms with Gasteiger partial charge in [0.05, 0.1) is 12.6 Å². The highest BCUT2D eigenvalue weighted by Crippen LogP contribution is 2.30. The first-order chi connectivity index (χ1) is 11.2. The summed E-state index contributed by atoms with van der Waals surface area (Å²) in [6, 6.07) is 15.1. The van der Waals surface area contributed by atoms with Crippen LogP contribution in [0.4, 0.5) is 4.79 Å². The topological polar surface area (TPSA) is 47.6 Å². The molecule has 2 aromatic rings. The van der Waals surface area contributed by atoms with E-state index < -0.39 is 6.09 Å². The number of cyclic esters (lactones) is 1. The summed E-state index contributed by atoms with van der Waals surface area (Å²) in [5, 5.41) is 3.54. The van der Waals surface area contributed by atoms with E-state index in [-0.39, 0.29) is 12.1 Å². The Bertz CT molecular complexity index is 687. The first-order valence-corrected chi connectivity index (χ1v) is 7.98. The molecule has 2 atom stereocenters. The molecular formula is C18H18ClNO3. The molecule has 1 aliphatic heterocycles. The summed E-state index contributed by atoms with van der Waals surface area (Å²) >= 11 is 5.92. The number of rotatable bonds is 5. The second-order valence-electron chi connectivity index (χ2n) is 5.41. The largest absolute Gasteiger partial charge is 0.494 e. The average Bonchev–Trinajstić information content (AvgIpc) is 2.89. The summed E-state index contributed by atoms with van der Waals surface area (Å²) in [6.45, 7) is 2.58. The number of benzene rings is 2. The minimum atomic E-state index is -0.393. The van der Waals surface area contributed by atoms with Gasteiger partial charge < -0.3 is 14.8 Å². The Kier molecular flexibility index (Phi) is 4.72. The molecule has 0 aromatic heterocycles. The van der Waals surface area contributed by atoms with Crippen LogP contribution in [0.25, 0.3) is 0 Å². The van der Waals surface area contributed by atoms with Gasteiger partial charge in [-0.1, -0.05) is 35.9 Å². The monoisotopic (exact) mass is 331 g/mol. The van der Waals surface area contributed by atoms with E-state index in [1.165, 1.54) is 0 Å². The number of carbonyl (C=O) groups excluding carboxylic acids is 1. The fourth-order valence-corrected chi connectivity index (χ4v) is 2.88. The number of hydrogen-bond donors (Lipinski definition) is 1. The number of amides is 1. The van der Waals surface area contributed by atoms with E-state index >= 15 is 0 Å². The minimum Gasteiger partial charge on any atom is -0.494 e. The van der Waals surface area contributed by atoms with Gasteiger partial charge in [-0.3, -0.25) is 0 Å². The van der Waals surface area contributed by atoms with E-state index in [1.807, 2.05) is 43.3 Å². The van der Waals surface area contributed by atoms with Crippen molar-refractivity contribution in [1.82, 2.24) is 5.32 Å². The highest BCUT2D eigenvalue weighted by Gasteiger charge is 2.35. The molecular weight excluding hydrogens is 314 g/mol. The zero-order valence-corrected chi connectivity index (χ0v) is 13.5. The molecule has 5 heteroatoms. The van der Waals surface area contributed by atoms with Gasteiger partial charge >= 0.3 is 6.09 Å². The van der Waals surface area contributed by atoms with Crippen molar-refractivity contribution in [2.24, 2.45) is 0 Å². The van der Waals surface area contributed by atoms with Crippen molar-refractivity contribution in [2.45, 2.75) is 25.5 Å². The van der Waals surface area contributed by atoms with Gasteiger partial charge in [0.1, 0.15) is 11.9 Å². The lowest BCUT2D eigenvalue weighted by Crippen LogP contribution is -2.30. The van der Waals surface area contributed by atoms with Crippen molar-refractivity contribution in [2.75, 3.05) is 6.61 Å². The lowest BCUT2D eigenvalue weighted by atomic mass is 9.97. The van der Waals surface area contributed by atoms with Crippen molar-refractivity contribution >= 4 is 17.7 Å².